The summed E-state index contributed by atoms with van der Waals surface area (Å²) in [5, 5.41) is 0. The van der Waals surface area contributed by atoms with E-state index in [2.05, 4.69) is 0 Å². The van der Waals surface area contributed by atoms with Crippen LogP contribution in [0.1, 0.15) is 58.3 Å². The SMILES string of the molecule is CC(=O)C12CC3CC(C1)C(OC1CCCCO1)[C@H](C3)C2. The first-order valence-electron chi connectivity index (χ1n) is 8.44. The van der Waals surface area contributed by atoms with Gasteiger partial charge in [-0.3, -0.25) is 4.79 Å². The smallest absolute Gasteiger partial charge is 0.157 e. The molecule has 5 rings (SSSR count). The Morgan fingerprint density at radius 2 is 1.90 bits per heavy atom. The molecular weight excluding hydrogens is 252 g/mol. The molecule has 4 saturated carbocycles. The Balaban J connectivity index is 1.49. The molecule has 112 valence electrons. The van der Waals surface area contributed by atoms with Crippen molar-refractivity contribution in [3.05, 3.63) is 0 Å². The number of ether oxygens (including phenoxy) is 2. The molecule has 5 fully saturated rings. The van der Waals surface area contributed by atoms with E-state index in [1.54, 1.807) is 0 Å². The molecule has 0 aromatic heterocycles. The highest BCUT2D eigenvalue weighted by atomic mass is 16.7. The number of hydrogen-bond donors (Lipinski definition) is 0. The summed E-state index contributed by atoms with van der Waals surface area (Å²) in [7, 11) is 0. The second kappa shape index (κ2) is 4.81. The van der Waals surface area contributed by atoms with Gasteiger partial charge in [-0.25, -0.2) is 0 Å². The van der Waals surface area contributed by atoms with Gasteiger partial charge >= 0.3 is 0 Å². The van der Waals surface area contributed by atoms with Crippen molar-refractivity contribution in [2.24, 2.45) is 23.2 Å². The minimum absolute atomic E-state index is 0.0176. The first kappa shape index (κ1) is 13.3. The van der Waals surface area contributed by atoms with Crippen LogP contribution in [0.3, 0.4) is 0 Å². The van der Waals surface area contributed by atoms with Crippen LogP contribution in [0, 0.1) is 23.2 Å². The molecule has 3 heteroatoms. The summed E-state index contributed by atoms with van der Waals surface area (Å²) < 4.78 is 12.1. The molecule has 0 aromatic carbocycles. The van der Waals surface area contributed by atoms with Gasteiger partial charge in [0.2, 0.25) is 0 Å². The van der Waals surface area contributed by atoms with Crippen molar-refractivity contribution in [3.63, 3.8) is 0 Å². The number of carbonyl (C=O) groups excluding carboxylic acids is 1. The Morgan fingerprint density at radius 3 is 2.50 bits per heavy atom. The lowest BCUT2D eigenvalue weighted by Gasteiger charge is -2.59. The van der Waals surface area contributed by atoms with Crippen molar-refractivity contribution in [1.82, 2.24) is 0 Å². The van der Waals surface area contributed by atoms with Gasteiger partial charge in [0.25, 0.3) is 0 Å². The van der Waals surface area contributed by atoms with Crippen LogP contribution in [-0.4, -0.2) is 24.8 Å². The highest BCUT2D eigenvalue weighted by Crippen LogP contribution is 2.61. The van der Waals surface area contributed by atoms with Gasteiger partial charge in [-0.15, -0.1) is 0 Å². The summed E-state index contributed by atoms with van der Waals surface area (Å²) in [4.78, 5) is 12.1. The largest absolute Gasteiger partial charge is 0.353 e. The summed E-state index contributed by atoms with van der Waals surface area (Å²) in [5.41, 5.74) is 0.0176. The zero-order valence-electron chi connectivity index (χ0n) is 12.5. The molecule has 20 heavy (non-hydrogen) atoms. The zero-order valence-corrected chi connectivity index (χ0v) is 12.5. The fourth-order valence-electron chi connectivity index (χ4n) is 5.62. The third-order valence-corrected chi connectivity index (χ3v) is 6.38. The number of carbonyl (C=O) groups is 1. The van der Waals surface area contributed by atoms with Crippen LogP contribution < -0.4 is 0 Å². The van der Waals surface area contributed by atoms with Crippen LogP contribution in [0.5, 0.6) is 0 Å². The number of ketones is 1. The Morgan fingerprint density at radius 1 is 1.15 bits per heavy atom. The standard InChI is InChI=1S/C17H26O3/c1-11(18)17-8-12-6-13(9-17)16(14(7-12)10-17)20-15-4-2-3-5-19-15/h12-16H,2-10H2,1H3/t12?,13-,14?,15?,16?,17?/m1/s1. The van der Waals surface area contributed by atoms with Gasteiger partial charge in [0.15, 0.2) is 6.29 Å². The maximum atomic E-state index is 12.1. The van der Waals surface area contributed by atoms with Gasteiger partial charge in [0, 0.05) is 12.0 Å². The predicted molar refractivity (Wildman–Crippen MR) is 75.1 cm³/mol. The molecule has 5 aliphatic rings. The normalized spacial score (nSPS) is 50.4. The van der Waals surface area contributed by atoms with E-state index < -0.39 is 0 Å². The van der Waals surface area contributed by atoms with Gasteiger partial charge in [-0.05, 0) is 76.0 Å². The van der Waals surface area contributed by atoms with E-state index in [0.29, 0.717) is 23.7 Å². The van der Waals surface area contributed by atoms with E-state index in [4.69, 9.17) is 9.47 Å². The Labute approximate surface area is 121 Å². The van der Waals surface area contributed by atoms with Gasteiger partial charge in [-0.2, -0.15) is 0 Å². The van der Waals surface area contributed by atoms with Gasteiger partial charge in [0.1, 0.15) is 5.78 Å². The molecule has 3 nitrogen and oxygen atoms in total. The van der Waals surface area contributed by atoms with E-state index in [0.717, 1.165) is 38.2 Å². The quantitative estimate of drug-likeness (QED) is 0.794. The summed E-state index contributed by atoms with van der Waals surface area (Å²) >= 11 is 0. The van der Waals surface area contributed by atoms with Crippen LogP contribution in [0.4, 0.5) is 0 Å². The summed E-state index contributed by atoms with van der Waals surface area (Å²) in [6.07, 6.45) is 9.71. The average molecular weight is 278 g/mol. The van der Waals surface area contributed by atoms with Crippen molar-refractivity contribution in [1.29, 1.82) is 0 Å². The summed E-state index contributed by atoms with van der Waals surface area (Å²) in [5.74, 6) is 2.43. The minimum atomic E-state index is 0.0176. The molecular formula is C17H26O3. The Bertz CT molecular complexity index is 383. The van der Waals surface area contributed by atoms with Gasteiger partial charge in [0.05, 0.1) is 6.10 Å². The van der Waals surface area contributed by atoms with Crippen LogP contribution in [0.2, 0.25) is 0 Å². The topological polar surface area (TPSA) is 35.5 Å². The van der Waals surface area contributed by atoms with Crippen molar-refractivity contribution in [2.45, 2.75) is 70.7 Å². The van der Waals surface area contributed by atoms with Crippen LogP contribution >= 0.6 is 0 Å². The number of rotatable bonds is 3. The molecule has 5 unspecified atom stereocenters. The molecule has 0 amide bonds. The van der Waals surface area contributed by atoms with E-state index in [1.807, 2.05) is 6.92 Å². The Hall–Kier alpha value is -0.410. The van der Waals surface area contributed by atoms with Crippen molar-refractivity contribution in [2.75, 3.05) is 6.61 Å². The van der Waals surface area contributed by atoms with Crippen molar-refractivity contribution < 1.29 is 14.3 Å². The minimum Gasteiger partial charge on any atom is -0.353 e. The predicted octanol–water partition coefficient (Wildman–Crippen LogP) is 3.31. The van der Waals surface area contributed by atoms with Crippen LogP contribution in [-0.2, 0) is 14.3 Å². The average Bonchev–Trinajstić information content (AvgIpc) is 2.43. The molecule has 0 N–H and O–H groups in total. The highest BCUT2D eigenvalue weighted by molar-refractivity contribution is 5.82. The number of hydrogen-bond acceptors (Lipinski definition) is 3. The van der Waals surface area contributed by atoms with E-state index >= 15 is 0 Å². The van der Waals surface area contributed by atoms with Crippen molar-refractivity contribution >= 4 is 5.78 Å². The van der Waals surface area contributed by atoms with E-state index in [-0.39, 0.29) is 11.7 Å². The second-order valence-corrected chi connectivity index (χ2v) is 7.70. The zero-order chi connectivity index (χ0) is 13.7. The number of Topliss-reactive ketones (excluding diaryl/α,β-unsaturated/α-hetero) is 1. The summed E-state index contributed by atoms with van der Waals surface area (Å²) in [6.45, 7) is 2.67. The monoisotopic (exact) mass is 278 g/mol. The third kappa shape index (κ3) is 2.05. The fourth-order valence-corrected chi connectivity index (χ4v) is 5.62. The molecule has 1 saturated heterocycles. The van der Waals surface area contributed by atoms with Crippen molar-refractivity contribution in [3.8, 4) is 0 Å². The molecule has 1 heterocycles. The van der Waals surface area contributed by atoms with E-state index in [9.17, 15) is 4.79 Å². The molecule has 4 aliphatic carbocycles. The van der Waals surface area contributed by atoms with Gasteiger partial charge < -0.3 is 9.47 Å². The third-order valence-electron chi connectivity index (χ3n) is 6.38. The highest BCUT2D eigenvalue weighted by Gasteiger charge is 2.58. The first-order valence-corrected chi connectivity index (χ1v) is 8.44. The fraction of sp³-hybridized carbons (Fsp3) is 0.941. The first-order chi connectivity index (χ1) is 9.66. The molecule has 0 radical (unpaired) electrons. The maximum Gasteiger partial charge on any atom is 0.157 e. The molecule has 6 atom stereocenters. The lowest BCUT2D eigenvalue weighted by atomic mass is 9.47. The molecule has 0 aromatic rings. The van der Waals surface area contributed by atoms with Crippen LogP contribution in [0.15, 0.2) is 0 Å². The lowest BCUT2D eigenvalue weighted by molar-refractivity contribution is -0.244. The van der Waals surface area contributed by atoms with E-state index in [1.165, 1.54) is 25.7 Å². The van der Waals surface area contributed by atoms with Gasteiger partial charge in [-0.1, -0.05) is 0 Å². The second-order valence-electron chi connectivity index (χ2n) is 7.70. The molecule has 4 bridgehead atoms. The van der Waals surface area contributed by atoms with Crippen LogP contribution in [0.25, 0.3) is 0 Å². The summed E-state index contributed by atoms with van der Waals surface area (Å²) in [6, 6.07) is 0. The lowest BCUT2D eigenvalue weighted by Crippen LogP contribution is -2.57. The Kier molecular flexibility index (Phi) is 3.19. The maximum absolute atomic E-state index is 12.1. The molecule has 1 aliphatic heterocycles. The molecule has 0 spiro atoms.